The molecule has 0 saturated heterocycles. The van der Waals surface area contributed by atoms with E-state index in [1.165, 1.54) is 5.69 Å². The highest BCUT2D eigenvalue weighted by Gasteiger charge is 2.46. The summed E-state index contributed by atoms with van der Waals surface area (Å²) in [6, 6.07) is 6.10. The van der Waals surface area contributed by atoms with Crippen molar-refractivity contribution >= 4 is 19.8 Å². The van der Waals surface area contributed by atoms with Crippen molar-refractivity contribution in [1.82, 2.24) is 9.22 Å². The van der Waals surface area contributed by atoms with Crippen LogP contribution in [0.3, 0.4) is 0 Å². The maximum atomic E-state index is 6.05. The van der Waals surface area contributed by atoms with Crippen molar-refractivity contribution in [2.75, 3.05) is 7.11 Å². The van der Waals surface area contributed by atoms with Crippen LogP contribution in [0.2, 0.25) is 21.8 Å². The molecule has 0 aliphatic heterocycles. The third-order valence-corrected chi connectivity index (χ3v) is 12.2. The highest BCUT2D eigenvalue weighted by atomic mass is 35.5. The molecule has 0 radical (unpaired) electrons. The lowest BCUT2D eigenvalue weighted by atomic mass is 10.2. The minimum Gasteiger partial charge on any atom is -0.496 e. The second-order valence-electron chi connectivity index (χ2n) is 7.32. The molecule has 0 atom stereocenters. The van der Waals surface area contributed by atoms with Gasteiger partial charge in [-0.1, -0.05) is 53.1 Å². The standard InChI is InChI=1S/C19H29ClN2OSi/c1-13(2)24(14(3)4,15(5)6)22-10-8-9-17(22)16-12-21-19(20)11-18(16)23-7/h8-15H,1-7H3. The van der Waals surface area contributed by atoms with Crippen LogP contribution in [0.25, 0.3) is 11.3 Å². The summed E-state index contributed by atoms with van der Waals surface area (Å²) in [5, 5.41) is 0.453. The average Bonchev–Trinajstić information content (AvgIpc) is 2.96. The van der Waals surface area contributed by atoms with E-state index in [1.54, 1.807) is 13.2 Å². The van der Waals surface area contributed by atoms with Gasteiger partial charge in [-0.3, -0.25) is 0 Å². The van der Waals surface area contributed by atoms with E-state index in [2.05, 4.69) is 69.1 Å². The van der Waals surface area contributed by atoms with E-state index in [0.29, 0.717) is 21.8 Å². The van der Waals surface area contributed by atoms with Gasteiger partial charge >= 0.3 is 0 Å². The van der Waals surface area contributed by atoms with Crippen LogP contribution < -0.4 is 4.74 Å². The quantitative estimate of drug-likeness (QED) is 0.448. The summed E-state index contributed by atoms with van der Waals surface area (Å²) in [5.74, 6) is 0.772. The summed E-state index contributed by atoms with van der Waals surface area (Å²) in [6.07, 6.45) is 4.07. The lowest BCUT2D eigenvalue weighted by Gasteiger charge is -2.45. The minimum absolute atomic E-state index is 0.453. The highest BCUT2D eigenvalue weighted by Crippen LogP contribution is 2.45. The van der Waals surface area contributed by atoms with Gasteiger partial charge in [0, 0.05) is 18.0 Å². The van der Waals surface area contributed by atoms with Crippen LogP contribution >= 0.6 is 11.6 Å². The molecular weight excluding hydrogens is 336 g/mol. The monoisotopic (exact) mass is 364 g/mol. The van der Waals surface area contributed by atoms with Crippen molar-refractivity contribution in [3.8, 4) is 17.0 Å². The Kier molecular flexibility index (Phi) is 5.81. The first-order valence-electron chi connectivity index (χ1n) is 8.64. The molecule has 2 heterocycles. The number of aromatic nitrogens is 2. The molecule has 132 valence electrons. The Morgan fingerprint density at radius 3 is 2.17 bits per heavy atom. The number of methoxy groups -OCH3 is 1. The molecule has 5 heteroatoms. The molecule has 0 fully saturated rings. The number of halogens is 1. The first-order valence-corrected chi connectivity index (χ1v) is 11.2. The minimum atomic E-state index is -1.83. The first-order chi connectivity index (χ1) is 11.3. The van der Waals surface area contributed by atoms with Gasteiger partial charge < -0.3 is 8.97 Å². The van der Waals surface area contributed by atoms with Crippen LogP contribution in [0.4, 0.5) is 0 Å². The second kappa shape index (κ2) is 7.32. The van der Waals surface area contributed by atoms with E-state index in [4.69, 9.17) is 16.3 Å². The lowest BCUT2D eigenvalue weighted by Crippen LogP contribution is -2.52. The molecule has 0 amide bonds. The van der Waals surface area contributed by atoms with Crippen LogP contribution in [0.15, 0.2) is 30.6 Å². The molecule has 0 N–H and O–H groups in total. The van der Waals surface area contributed by atoms with E-state index in [1.807, 2.05) is 6.20 Å². The van der Waals surface area contributed by atoms with E-state index in [9.17, 15) is 0 Å². The molecule has 0 aromatic carbocycles. The maximum absolute atomic E-state index is 6.05. The average molecular weight is 365 g/mol. The van der Waals surface area contributed by atoms with E-state index < -0.39 is 8.24 Å². The normalized spacial score (nSPS) is 12.5. The van der Waals surface area contributed by atoms with Crippen LogP contribution in [0.5, 0.6) is 5.75 Å². The molecule has 2 aromatic rings. The summed E-state index contributed by atoms with van der Waals surface area (Å²) >= 11 is 6.05. The zero-order chi connectivity index (χ0) is 18.1. The fourth-order valence-electron chi connectivity index (χ4n) is 4.55. The molecule has 0 spiro atoms. The Hall–Kier alpha value is -1.26. The van der Waals surface area contributed by atoms with Gasteiger partial charge in [0.1, 0.15) is 10.9 Å². The number of hydrogen-bond donors (Lipinski definition) is 0. The molecule has 0 saturated carbocycles. The predicted octanol–water partition coefficient (Wildman–Crippen LogP) is 6.24. The summed E-state index contributed by atoms with van der Waals surface area (Å²) in [5.41, 5.74) is 4.05. The molecule has 0 aliphatic rings. The number of pyridine rings is 1. The summed E-state index contributed by atoms with van der Waals surface area (Å²) in [4.78, 5) is 4.29. The van der Waals surface area contributed by atoms with E-state index in [-0.39, 0.29) is 0 Å². The smallest absolute Gasteiger partial charge is 0.169 e. The number of nitrogens with zero attached hydrogens (tertiary/aromatic N) is 2. The highest BCUT2D eigenvalue weighted by molar-refractivity contribution is 6.82. The van der Waals surface area contributed by atoms with Gasteiger partial charge in [0.15, 0.2) is 8.24 Å². The van der Waals surface area contributed by atoms with Gasteiger partial charge in [0.25, 0.3) is 0 Å². The zero-order valence-corrected chi connectivity index (χ0v) is 17.6. The maximum Gasteiger partial charge on any atom is 0.169 e. The third kappa shape index (κ3) is 3.02. The summed E-state index contributed by atoms with van der Waals surface area (Å²) < 4.78 is 8.13. The number of hydrogen-bond acceptors (Lipinski definition) is 2. The van der Waals surface area contributed by atoms with Gasteiger partial charge in [-0.25, -0.2) is 4.98 Å². The molecule has 0 unspecified atom stereocenters. The van der Waals surface area contributed by atoms with E-state index in [0.717, 1.165) is 11.3 Å². The van der Waals surface area contributed by atoms with Gasteiger partial charge in [-0.2, -0.15) is 0 Å². The van der Waals surface area contributed by atoms with Crippen molar-refractivity contribution in [3.63, 3.8) is 0 Å². The second-order valence-corrected chi connectivity index (χ2v) is 13.4. The van der Waals surface area contributed by atoms with E-state index >= 15 is 0 Å². The van der Waals surface area contributed by atoms with Crippen molar-refractivity contribution < 1.29 is 4.74 Å². The van der Waals surface area contributed by atoms with Crippen LogP contribution in [-0.4, -0.2) is 24.6 Å². The van der Waals surface area contributed by atoms with Crippen molar-refractivity contribution in [3.05, 3.63) is 35.7 Å². The van der Waals surface area contributed by atoms with Gasteiger partial charge in [0.2, 0.25) is 0 Å². The third-order valence-electron chi connectivity index (χ3n) is 5.27. The van der Waals surface area contributed by atoms with Crippen LogP contribution in [0.1, 0.15) is 41.5 Å². The Morgan fingerprint density at radius 1 is 1.08 bits per heavy atom. The Bertz CT molecular complexity index is 673. The Morgan fingerprint density at radius 2 is 1.67 bits per heavy atom. The molecule has 3 nitrogen and oxygen atoms in total. The zero-order valence-electron chi connectivity index (χ0n) is 15.8. The molecule has 0 aliphatic carbocycles. The molecule has 2 aromatic heterocycles. The Balaban J connectivity index is 2.73. The number of ether oxygens (including phenoxy) is 1. The topological polar surface area (TPSA) is 27.1 Å². The lowest BCUT2D eigenvalue weighted by molar-refractivity contribution is 0.415. The van der Waals surface area contributed by atoms with Crippen molar-refractivity contribution in [2.45, 2.75) is 58.2 Å². The van der Waals surface area contributed by atoms with Gasteiger partial charge in [-0.15, -0.1) is 0 Å². The fraction of sp³-hybridized carbons (Fsp3) is 0.526. The van der Waals surface area contributed by atoms with Gasteiger partial charge in [0.05, 0.1) is 12.7 Å². The van der Waals surface area contributed by atoms with Crippen molar-refractivity contribution in [2.24, 2.45) is 0 Å². The van der Waals surface area contributed by atoms with Gasteiger partial charge in [-0.05, 0) is 35.0 Å². The molecular formula is C19H29ClN2OSi. The first kappa shape index (κ1) is 19.1. The summed E-state index contributed by atoms with van der Waals surface area (Å²) in [6.45, 7) is 14.2. The fourth-order valence-corrected chi connectivity index (χ4v) is 11.3. The van der Waals surface area contributed by atoms with Crippen LogP contribution in [0, 0.1) is 0 Å². The molecule has 24 heavy (non-hydrogen) atoms. The molecule has 2 rings (SSSR count). The predicted molar refractivity (Wildman–Crippen MR) is 106 cm³/mol. The number of rotatable bonds is 6. The Labute approximate surface area is 152 Å². The van der Waals surface area contributed by atoms with Crippen molar-refractivity contribution in [1.29, 1.82) is 0 Å². The summed E-state index contributed by atoms with van der Waals surface area (Å²) in [7, 11) is -0.147. The largest absolute Gasteiger partial charge is 0.496 e. The SMILES string of the molecule is COc1cc(Cl)ncc1-c1cccn1[Si](C(C)C)(C(C)C)C(C)C. The molecule has 0 bridgehead atoms. The van der Waals surface area contributed by atoms with Crippen LogP contribution in [-0.2, 0) is 0 Å².